The van der Waals surface area contributed by atoms with Gasteiger partial charge in [-0.1, -0.05) is 72.3 Å². The first-order valence-corrected chi connectivity index (χ1v) is 14.5. The number of sulfonamides is 1. The van der Waals surface area contributed by atoms with E-state index < -0.39 is 15.6 Å². The third-order valence-corrected chi connectivity index (χ3v) is 8.07. The number of aldehydes is 1. The molecule has 0 spiro atoms. The summed E-state index contributed by atoms with van der Waals surface area (Å²) in [5.74, 6) is 1.07. The van der Waals surface area contributed by atoms with E-state index in [2.05, 4.69) is 9.71 Å². The van der Waals surface area contributed by atoms with E-state index in [1.54, 1.807) is 62.8 Å². The quantitative estimate of drug-likeness (QED) is 0.177. The SMILES string of the molecule is COCCOc1cc(-c2ccccc2S(=O)(=O)NC(C)(C)C)ccc1Cn1c(-c2ccccc2)nc(Cl)c1C=O. The molecular formula is C30H32ClN3O5S. The normalized spacial score (nSPS) is 11.9. The molecule has 0 saturated carbocycles. The Morgan fingerprint density at radius 1 is 0.975 bits per heavy atom. The highest BCUT2D eigenvalue weighted by Gasteiger charge is 2.25. The number of nitrogens with zero attached hydrogens (tertiary/aromatic N) is 2. The van der Waals surface area contributed by atoms with Gasteiger partial charge in [0.15, 0.2) is 11.4 Å². The van der Waals surface area contributed by atoms with Crippen molar-refractivity contribution in [3.05, 3.63) is 89.2 Å². The summed E-state index contributed by atoms with van der Waals surface area (Å²) in [7, 11) is -2.23. The van der Waals surface area contributed by atoms with Crippen molar-refractivity contribution < 1.29 is 22.7 Å². The van der Waals surface area contributed by atoms with Gasteiger partial charge in [0, 0.05) is 29.3 Å². The van der Waals surface area contributed by atoms with Gasteiger partial charge in [-0.3, -0.25) is 4.79 Å². The molecular weight excluding hydrogens is 550 g/mol. The maximum absolute atomic E-state index is 13.3. The van der Waals surface area contributed by atoms with E-state index in [9.17, 15) is 13.2 Å². The van der Waals surface area contributed by atoms with Gasteiger partial charge in [-0.05, 0) is 38.5 Å². The number of carbonyl (C=O) groups is 1. The predicted molar refractivity (Wildman–Crippen MR) is 156 cm³/mol. The molecule has 0 aliphatic heterocycles. The predicted octanol–water partition coefficient (Wildman–Crippen LogP) is 5.83. The summed E-state index contributed by atoms with van der Waals surface area (Å²) in [6, 6.07) is 21.8. The van der Waals surface area contributed by atoms with Crippen molar-refractivity contribution in [1.82, 2.24) is 14.3 Å². The molecule has 0 bridgehead atoms. The summed E-state index contributed by atoms with van der Waals surface area (Å²) < 4.78 is 42.3. The molecule has 0 aliphatic rings. The number of methoxy groups -OCH3 is 1. The summed E-state index contributed by atoms with van der Waals surface area (Å²) >= 11 is 6.35. The second-order valence-electron chi connectivity index (χ2n) is 10.2. The summed E-state index contributed by atoms with van der Waals surface area (Å²) in [5, 5.41) is 0.109. The van der Waals surface area contributed by atoms with Crippen LogP contribution < -0.4 is 9.46 Å². The number of nitrogens with one attached hydrogen (secondary N) is 1. The molecule has 0 aliphatic carbocycles. The lowest BCUT2D eigenvalue weighted by atomic mass is 10.0. The number of benzene rings is 3. The van der Waals surface area contributed by atoms with Crippen LogP contribution in [0, 0.1) is 0 Å². The smallest absolute Gasteiger partial charge is 0.241 e. The third-order valence-electron chi connectivity index (χ3n) is 5.97. The fourth-order valence-corrected chi connectivity index (χ4v) is 6.18. The van der Waals surface area contributed by atoms with Crippen LogP contribution in [-0.2, 0) is 21.3 Å². The zero-order valence-corrected chi connectivity index (χ0v) is 24.4. The molecule has 4 aromatic rings. The lowest BCUT2D eigenvalue weighted by Gasteiger charge is -2.22. The highest BCUT2D eigenvalue weighted by molar-refractivity contribution is 7.89. The molecule has 0 amide bonds. The molecule has 0 unspecified atom stereocenters. The number of halogens is 1. The Labute approximate surface area is 240 Å². The molecule has 210 valence electrons. The first kappa shape index (κ1) is 29.5. The molecule has 0 fully saturated rings. The first-order chi connectivity index (χ1) is 19.0. The Morgan fingerprint density at radius 3 is 2.35 bits per heavy atom. The fourth-order valence-electron chi connectivity index (χ4n) is 4.31. The van der Waals surface area contributed by atoms with Crippen molar-refractivity contribution in [2.75, 3.05) is 20.3 Å². The number of imidazole rings is 1. The fraction of sp³-hybridized carbons (Fsp3) is 0.267. The minimum Gasteiger partial charge on any atom is -0.491 e. The third kappa shape index (κ3) is 6.79. The van der Waals surface area contributed by atoms with E-state index in [0.717, 1.165) is 11.1 Å². The second-order valence-corrected chi connectivity index (χ2v) is 12.2. The zero-order chi connectivity index (χ0) is 28.9. The minimum atomic E-state index is -3.81. The number of rotatable bonds is 11. The maximum Gasteiger partial charge on any atom is 0.241 e. The van der Waals surface area contributed by atoms with Crippen LogP contribution in [0.3, 0.4) is 0 Å². The molecule has 0 atom stereocenters. The molecule has 1 heterocycles. The van der Waals surface area contributed by atoms with Crippen molar-refractivity contribution in [2.24, 2.45) is 0 Å². The van der Waals surface area contributed by atoms with Crippen LogP contribution in [0.2, 0.25) is 5.15 Å². The molecule has 1 aromatic heterocycles. The van der Waals surface area contributed by atoms with Crippen LogP contribution in [0.5, 0.6) is 5.75 Å². The van der Waals surface area contributed by atoms with Gasteiger partial charge < -0.3 is 14.0 Å². The van der Waals surface area contributed by atoms with Crippen molar-refractivity contribution in [3.8, 4) is 28.3 Å². The van der Waals surface area contributed by atoms with Crippen molar-refractivity contribution in [2.45, 2.75) is 37.8 Å². The summed E-state index contributed by atoms with van der Waals surface area (Å²) in [6.07, 6.45) is 0.685. The average Bonchev–Trinajstić information content (AvgIpc) is 3.23. The first-order valence-electron chi connectivity index (χ1n) is 12.7. The lowest BCUT2D eigenvalue weighted by Crippen LogP contribution is -2.40. The Morgan fingerprint density at radius 2 is 1.68 bits per heavy atom. The minimum absolute atomic E-state index is 0.109. The summed E-state index contributed by atoms with van der Waals surface area (Å²) in [4.78, 5) is 16.6. The van der Waals surface area contributed by atoms with Crippen molar-refractivity contribution in [1.29, 1.82) is 0 Å². The molecule has 10 heteroatoms. The van der Waals surface area contributed by atoms with E-state index in [1.165, 1.54) is 0 Å². The molecule has 0 saturated heterocycles. The standard InChI is InChI=1S/C30H32ClN3O5S/c1-30(2,3)33-40(36,37)27-13-9-8-12-24(27)22-14-15-23(26(18-22)39-17-16-38-4)19-34-25(20-35)28(31)32-29(34)21-10-6-5-7-11-21/h5-15,18,20,33H,16-17,19H2,1-4H3. The number of hydrogen-bond donors (Lipinski definition) is 1. The lowest BCUT2D eigenvalue weighted by molar-refractivity contribution is 0.111. The van der Waals surface area contributed by atoms with Crippen molar-refractivity contribution >= 4 is 27.9 Å². The van der Waals surface area contributed by atoms with Crippen LogP contribution in [0.4, 0.5) is 0 Å². The van der Waals surface area contributed by atoms with Gasteiger partial charge in [0.25, 0.3) is 0 Å². The molecule has 40 heavy (non-hydrogen) atoms. The highest BCUT2D eigenvalue weighted by Crippen LogP contribution is 2.34. The van der Waals surface area contributed by atoms with Gasteiger partial charge in [-0.25, -0.2) is 18.1 Å². The van der Waals surface area contributed by atoms with Gasteiger partial charge in [-0.2, -0.15) is 0 Å². The Balaban J connectivity index is 1.81. The van der Waals surface area contributed by atoms with Gasteiger partial charge in [-0.15, -0.1) is 0 Å². The number of hydrogen-bond acceptors (Lipinski definition) is 6. The topological polar surface area (TPSA) is 99.5 Å². The molecule has 1 N–H and O–H groups in total. The van der Waals surface area contributed by atoms with Gasteiger partial charge in [0.2, 0.25) is 10.0 Å². The molecule has 8 nitrogen and oxygen atoms in total. The van der Waals surface area contributed by atoms with E-state index in [4.69, 9.17) is 21.1 Å². The van der Waals surface area contributed by atoms with E-state index in [1.807, 2.05) is 42.5 Å². The number of ether oxygens (including phenoxy) is 2. The van der Waals surface area contributed by atoms with E-state index >= 15 is 0 Å². The maximum atomic E-state index is 13.3. The van der Waals surface area contributed by atoms with E-state index in [-0.39, 0.29) is 28.9 Å². The number of carbonyl (C=O) groups excluding carboxylic acids is 1. The monoisotopic (exact) mass is 581 g/mol. The molecule has 0 radical (unpaired) electrons. The Bertz CT molecular complexity index is 1600. The highest BCUT2D eigenvalue weighted by atomic mass is 35.5. The van der Waals surface area contributed by atoms with Crippen LogP contribution in [0.25, 0.3) is 22.5 Å². The molecule has 4 rings (SSSR count). The summed E-state index contributed by atoms with van der Waals surface area (Å²) in [5.41, 5.74) is 2.35. The van der Waals surface area contributed by atoms with Gasteiger partial charge in [0.05, 0.1) is 18.0 Å². The van der Waals surface area contributed by atoms with Crippen molar-refractivity contribution in [3.63, 3.8) is 0 Å². The second kappa shape index (κ2) is 12.3. The zero-order valence-electron chi connectivity index (χ0n) is 22.8. The Hall–Kier alpha value is -3.50. The van der Waals surface area contributed by atoms with Crippen LogP contribution in [-0.4, -0.2) is 50.1 Å². The number of aromatic nitrogens is 2. The average molecular weight is 582 g/mol. The summed E-state index contributed by atoms with van der Waals surface area (Å²) in [6.45, 7) is 6.26. The van der Waals surface area contributed by atoms with Gasteiger partial charge >= 0.3 is 0 Å². The van der Waals surface area contributed by atoms with Crippen LogP contribution >= 0.6 is 11.6 Å². The van der Waals surface area contributed by atoms with E-state index in [0.29, 0.717) is 35.6 Å². The van der Waals surface area contributed by atoms with Gasteiger partial charge in [0.1, 0.15) is 23.9 Å². The van der Waals surface area contributed by atoms with Crippen LogP contribution in [0.1, 0.15) is 36.8 Å². The largest absolute Gasteiger partial charge is 0.491 e. The van der Waals surface area contributed by atoms with Crippen LogP contribution in [0.15, 0.2) is 77.7 Å². The molecule has 3 aromatic carbocycles. The Kier molecular flexibility index (Phi) is 9.10.